The van der Waals surface area contributed by atoms with Crippen LogP contribution in [0.4, 0.5) is 5.69 Å². The lowest BCUT2D eigenvalue weighted by atomic mass is 10.1. The molecule has 1 aromatic heterocycles. The molecule has 0 aliphatic heterocycles. The van der Waals surface area contributed by atoms with Crippen LogP contribution in [0.25, 0.3) is 11.8 Å². The van der Waals surface area contributed by atoms with Gasteiger partial charge in [-0.3, -0.25) is 4.79 Å². The Labute approximate surface area is 183 Å². The number of nitriles is 1. The molecule has 146 valence electrons. The Balaban J connectivity index is 1.95. The van der Waals surface area contributed by atoms with Crippen LogP contribution in [0.2, 0.25) is 15.1 Å². The van der Waals surface area contributed by atoms with Crippen molar-refractivity contribution in [2.24, 2.45) is 0 Å². The van der Waals surface area contributed by atoms with Crippen LogP contribution in [-0.2, 0) is 4.79 Å². The summed E-state index contributed by atoms with van der Waals surface area (Å²) in [7, 11) is 0. The molecule has 0 radical (unpaired) electrons. The lowest BCUT2D eigenvalue weighted by Crippen LogP contribution is -2.13. The molecular formula is C22H16Cl3N3O. The van der Waals surface area contributed by atoms with E-state index in [4.69, 9.17) is 34.8 Å². The van der Waals surface area contributed by atoms with Crippen molar-refractivity contribution >= 4 is 52.5 Å². The zero-order valence-corrected chi connectivity index (χ0v) is 17.9. The molecule has 0 aliphatic rings. The van der Waals surface area contributed by atoms with Crippen molar-refractivity contribution in [3.05, 3.63) is 86.1 Å². The van der Waals surface area contributed by atoms with E-state index in [1.54, 1.807) is 48.5 Å². The Bertz CT molecular complexity index is 1140. The largest absolute Gasteiger partial charge is 0.321 e. The molecule has 2 aromatic carbocycles. The van der Waals surface area contributed by atoms with E-state index in [-0.39, 0.29) is 5.57 Å². The predicted octanol–water partition coefficient (Wildman–Crippen LogP) is 6.60. The lowest BCUT2D eigenvalue weighted by Gasteiger charge is -2.11. The highest BCUT2D eigenvalue weighted by atomic mass is 35.5. The Morgan fingerprint density at radius 2 is 1.62 bits per heavy atom. The maximum Gasteiger partial charge on any atom is 0.266 e. The number of aryl methyl sites for hydroxylation is 1. The van der Waals surface area contributed by atoms with Gasteiger partial charge in [-0.25, -0.2) is 0 Å². The second-order valence-corrected chi connectivity index (χ2v) is 7.73. The molecule has 29 heavy (non-hydrogen) atoms. The summed E-state index contributed by atoms with van der Waals surface area (Å²) in [4.78, 5) is 12.5. The molecule has 4 nitrogen and oxygen atoms in total. The molecule has 0 saturated heterocycles. The highest BCUT2D eigenvalue weighted by Gasteiger charge is 2.14. The minimum absolute atomic E-state index is 0.00988. The molecule has 3 aromatic rings. The van der Waals surface area contributed by atoms with Crippen molar-refractivity contribution in [1.29, 1.82) is 5.26 Å². The Hall–Kier alpha value is -2.71. The Morgan fingerprint density at radius 3 is 2.21 bits per heavy atom. The fourth-order valence-electron chi connectivity index (χ4n) is 3.04. The maximum absolute atomic E-state index is 12.5. The lowest BCUT2D eigenvalue weighted by molar-refractivity contribution is -0.112. The molecule has 1 N–H and O–H groups in total. The third kappa shape index (κ3) is 4.83. The quantitative estimate of drug-likeness (QED) is 0.364. The van der Waals surface area contributed by atoms with Crippen molar-refractivity contribution in [2.45, 2.75) is 13.8 Å². The Morgan fingerprint density at radius 1 is 1.00 bits per heavy atom. The van der Waals surface area contributed by atoms with Crippen LogP contribution >= 0.6 is 34.8 Å². The van der Waals surface area contributed by atoms with Crippen molar-refractivity contribution in [3.8, 4) is 11.8 Å². The van der Waals surface area contributed by atoms with E-state index in [2.05, 4.69) is 5.32 Å². The van der Waals surface area contributed by atoms with E-state index >= 15 is 0 Å². The molecule has 0 unspecified atom stereocenters. The summed E-state index contributed by atoms with van der Waals surface area (Å²) >= 11 is 18.1. The van der Waals surface area contributed by atoms with Crippen molar-refractivity contribution in [3.63, 3.8) is 0 Å². The number of aromatic nitrogens is 1. The predicted molar refractivity (Wildman–Crippen MR) is 119 cm³/mol. The molecule has 7 heteroatoms. The zero-order valence-electron chi connectivity index (χ0n) is 15.6. The molecule has 0 spiro atoms. The van der Waals surface area contributed by atoms with Crippen molar-refractivity contribution in [1.82, 2.24) is 4.57 Å². The van der Waals surface area contributed by atoms with Gasteiger partial charge in [-0.15, -0.1) is 0 Å². The first-order valence-electron chi connectivity index (χ1n) is 8.62. The molecule has 1 amide bonds. The summed E-state index contributed by atoms with van der Waals surface area (Å²) in [6, 6.07) is 15.8. The van der Waals surface area contributed by atoms with Gasteiger partial charge in [0.1, 0.15) is 11.6 Å². The summed E-state index contributed by atoms with van der Waals surface area (Å²) in [5, 5.41) is 13.8. The van der Waals surface area contributed by atoms with E-state index in [0.717, 1.165) is 22.6 Å². The van der Waals surface area contributed by atoms with Gasteiger partial charge in [0.25, 0.3) is 5.91 Å². The molecule has 1 heterocycles. The van der Waals surface area contributed by atoms with Gasteiger partial charge in [0.15, 0.2) is 0 Å². The van der Waals surface area contributed by atoms with Crippen LogP contribution < -0.4 is 5.32 Å². The molecule has 3 rings (SSSR count). The summed E-state index contributed by atoms with van der Waals surface area (Å²) < 4.78 is 1.97. The number of carbonyl (C=O) groups excluding carboxylic acids is 1. The van der Waals surface area contributed by atoms with E-state index in [0.29, 0.717) is 20.8 Å². The molecule has 0 saturated carbocycles. The maximum atomic E-state index is 12.5. The fourth-order valence-corrected chi connectivity index (χ4v) is 3.68. The number of amides is 1. The van der Waals surface area contributed by atoms with Gasteiger partial charge in [0.05, 0.1) is 0 Å². The number of nitrogens with one attached hydrogen (secondary N) is 1. The summed E-state index contributed by atoms with van der Waals surface area (Å²) in [6.45, 7) is 3.83. The molecule has 0 fully saturated rings. The van der Waals surface area contributed by atoms with Gasteiger partial charge in [-0.2, -0.15) is 5.26 Å². The van der Waals surface area contributed by atoms with Gasteiger partial charge < -0.3 is 9.88 Å². The monoisotopic (exact) mass is 443 g/mol. The SMILES string of the molecule is Cc1cc(/C=C(\C#N)C(=O)Nc2ccc(Cl)cc2)c(C)n1-c1cc(Cl)cc(Cl)c1. The number of nitrogens with zero attached hydrogens (tertiary/aromatic N) is 2. The highest BCUT2D eigenvalue weighted by molar-refractivity contribution is 6.34. The zero-order chi connectivity index (χ0) is 21.1. The molecule has 0 atom stereocenters. The second-order valence-electron chi connectivity index (χ2n) is 6.42. The van der Waals surface area contributed by atoms with Gasteiger partial charge in [-0.05, 0) is 74.0 Å². The number of halogens is 3. The van der Waals surface area contributed by atoms with Gasteiger partial charge >= 0.3 is 0 Å². The standard InChI is InChI=1S/C22H16Cl3N3O/c1-13-7-15(14(2)28(13)21-10-18(24)9-19(25)11-21)8-16(12-26)22(29)27-20-5-3-17(23)4-6-20/h3-11H,1-2H3,(H,27,29)/b16-8+. The van der Waals surface area contributed by atoms with Gasteiger partial charge in [0.2, 0.25) is 0 Å². The third-order valence-corrected chi connectivity index (χ3v) is 5.03. The van der Waals surface area contributed by atoms with Crippen LogP contribution in [0.5, 0.6) is 0 Å². The third-order valence-electron chi connectivity index (χ3n) is 4.34. The van der Waals surface area contributed by atoms with E-state index in [1.807, 2.05) is 30.6 Å². The molecular weight excluding hydrogens is 429 g/mol. The van der Waals surface area contributed by atoms with E-state index in [1.165, 1.54) is 0 Å². The van der Waals surface area contributed by atoms with Gasteiger partial charge in [0, 0.05) is 37.8 Å². The number of hydrogen-bond acceptors (Lipinski definition) is 2. The van der Waals surface area contributed by atoms with Crippen molar-refractivity contribution < 1.29 is 4.79 Å². The average molecular weight is 445 g/mol. The summed E-state index contributed by atoms with van der Waals surface area (Å²) in [5.74, 6) is -0.495. The summed E-state index contributed by atoms with van der Waals surface area (Å²) in [6.07, 6.45) is 1.57. The van der Waals surface area contributed by atoms with Crippen LogP contribution in [0, 0.1) is 25.2 Å². The first-order valence-corrected chi connectivity index (χ1v) is 9.76. The second kappa shape index (κ2) is 8.75. The number of rotatable bonds is 4. The fraction of sp³-hybridized carbons (Fsp3) is 0.0909. The topological polar surface area (TPSA) is 57.8 Å². The Kier molecular flexibility index (Phi) is 6.34. The molecule has 0 aliphatic carbocycles. The van der Waals surface area contributed by atoms with Gasteiger partial charge in [-0.1, -0.05) is 34.8 Å². The first kappa shape index (κ1) is 21.0. The number of hydrogen-bond donors (Lipinski definition) is 1. The van der Waals surface area contributed by atoms with E-state index in [9.17, 15) is 10.1 Å². The van der Waals surface area contributed by atoms with Crippen LogP contribution in [-0.4, -0.2) is 10.5 Å². The first-order chi connectivity index (χ1) is 13.8. The number of benzene rings is 2. The minimum Gasteiger partial charge on any atom is -0.321 e. The number of anilines is 1. The van der Waals surface area contributed by atoms with Crippen LogP contribution in [0.3, 0.4) is 0 Å². The highest BCUT2D eigenvalue weighted by Crippen LogP contribution is 2.27. The normalized spacial score (nSPS) is 11.2. The average Bonchev–Trinajstić information content (AvgIpc) is 2.94. The van der Waals surface area contributed by atoms with Crippen LogP contribution in [0.1, 0.15) is 17.0 Å². The van der Waals surface area contributed by atoms with Crippen molar-refractivity contribution in [2.75, 3.05) is 5.32 Å². The summed E-state index contributed by atoms with van der Waals surface area (Å²) in [5.41, 5.74) is 3.88. The molecule has 0 bridgehead atoms. The number of carbonyl (C=O) groups is 1. The minimum atomic E-state index is -0.495. The van der Waals surface area contributed by atoms with Crippen LogP contribution in [0.15, 0.2) is 54.1 Å². The van der Waals surface area contributed by atoms with E-state index < -0.39 is 5.91 Å². The smallest absolute Gasteiger partial charge is 0.266 e.